The maximum atomic E-state index is 11.8. The Balaban J connectivity index is 1.90. The van der Waals surface area contributed by atoms with Gasteiger partial charge in [0.1, 0.15) is 0 Å². The fourth-order valence-corrected chi connectivity index (χ4v) is 1.89. The SMILES string of the molecule is CC1CC1C(=O)N1CCNC(=O)CC1. The molecule has 14 heavy (non-hydrogen) atoms. The van der Waals surface area contributed by atoms with E-state index in [1.165, 1.54) is 0 Å². The first kappa shape index (κ1) is 9.49. The van der Waals surface area contributed by atoms with Crippen LogP contribution in [-0.4, -0.2) is 36.3 Å². The molecule has 1 aliphatic heterocycles. The molecule has 0 aromatic heterocycles. The van der Waals surface area contributed by atoms with E-state index >= 15 is 0 Å². The Bertz CT molecular complexity index is 265. The van der Waals surface area contributed by atoms with E-state index in [1.807, 2.05) is 4.90 Å². The summed E-state index contributed by atoms with van der Waals surface area (Å²) in [7, 11) is 0. The Morgan fingerprint density at radius 1 is 1.50 bits per heavy atom. The molecule has 1 N–H and O–H groups in total. The quantitative estimate of drug-likeness (QED) is 0.641. The summed E-state index contributed by atoms with van der Waals surface area (Å²) in [6.45, 7) is 3.97. The molecule has 0 spiro atoms. The minimum atomic E-state index is 0.0594. The van der Waals surface area contributed by atoms with Gasteiger partial charge in [0.2, 0.25) is 11.8 Å². The highest BCUT2D eigenvalue weighted by Gasteiger charge is 2.41. The first-order chi connectivity index (χ1) is 6.68. The lowest BCUT2D eigenvalue weighted by Crippen LogP contribution is -2.35. The van der Waals surface area contributed by atoms with Gasteiger partial charge in [-0.25, -0.2) is 0 Å². The number of carbonyl (C=O) groups is 2. The molecule has 2 amide bonds. The van der Waals surface area contributed by atoms with Crippen molar-refractivity contribution in [2.75, 3.05) is 19.6 Å². The van der Waals surface area contributed by atoms with Crippen LogP contribution in [0.3, 0.4) is 0 Å². The number of rotatable bonds is 1. The molecule has 2 unspecified atom stereocenters. The lowest BCUT2D eigenvalue weighted by molar-refractivity contribution is -0.132. The smallest absolute Gasteiger partial charge is 0.226 e. The van der Waals surface area contributed by atoms with Gasteiger partial charge in [0.15, 0.2) is 0 Å². The van der Waals surface area contributed by atoms with Gasteiger partial charge in [0.05, 0.1) is 0 Å². The Morgan fingerprint density at radius 3 is 2.86 bits per heavy atom. The van der Waals surface area contributed by atoms with E-state index in [-0.39, 0.29) is 17.7 Å². The van der Waals surface area contributed by atoms with E-state index in [4.69, 9.17) is 0 Å². The molecule has 78 valence electrons. The molecule has 1 aliphatic carbocycles. The molecule has 1 heterocycles. The van der Waals surface area contributed by atoms with Gasteiger partial charge >= 0.3 is 0 Å². The number of amides is 2. The average molecular weight is 196 g/mol. The number of hydrogen-bond acceptors (Lipinski definition) is 2. The minimum Gasteiger partial charge on any atom is -0.354 e. The van der Waals surface area contributed by atoms with Crippen molar-refractivity contribution < 1.29 is 9.59 Å². The lowest BCUT2D eigenvalue weighted by Gasteiger charge is -2.19. The van der Waals surface area contributed by atoms with Gasteiger partial charge in [-0.05, 0) is 12.3 Å². The Morgan fingerprint density at radius 2 is 2.21 bits per heavy atom. The normalized spacial score (nSPS) is 32.1. The molecule has 2 atom stereocenters. The van der Waals surface area contributed by atoms with Gasteiger partial charge in [-0.2, -0.15) is 0 Å². The highest BCUT2D eigenvalue weighted by atomic mass is 16.2. The van der Waals surface area contributed by atoms with Gasteiger partial charge in [-0.1, -0.05) is 6.92 Å². The summed E-state index contributed by atoms with van der Waals surface area (Å²) in [5.74, 6) is 1.09. The van der Waals surface area contributed by atoms with Crippen LogP contribution in [-0.2, 0) is 9.59 Å². The summed E-state index contributed by atoms with van der Waals surface area (Å²) in [5.41, 5.74) is 0. The van der Waals surface area contributed by atoms with Crippen molar-refractivity contribution >= 4 is 11.8 Å². The number of carbonyl (C=O) groups excluding carboxylic acids is 2. The van der Waals surface area contributed by atoms with Crippen LogP contribution in [0.25, 0.3) is 0 Å². The van der Waals surface area contributed by atoms with Crippen molar-refractivity contribution in [1.29, 1.82) is 0 Å². The third-order valence-corrected chi connectivity index (χ3v) is 3.05. The van der Waals surface area contributed by atoms with Crippen molar-refractivity contribution in [3.63, 3.8) is 0 Å². The first-order valence-electron chi connectivity index (χ1n) is 5.24. The van der Waals surface area contributed by atoms with Crippen molar-refractivity contribution in [3.05, 3.63) is 0 Å². The molecule has 1 saturated heterocycles. The van der Waals surface area contributed by atoms with Gasteiger partial charge in [0, 0.05) is 32.0 Å². The third kappa shape index (κ3) is 1.89. The molecule has 0 aromatic carbocycles. The van der Waals surface area contributed by atoms with E-state index in [1.54, 1.807) is 0 Å². The molecule has 0 radical (unpaired) electrons. The zero-order valence-corrected chi connectivity index (χ0v) is 8.45. The van der Waals surface area contributed by atoms with Crippen LogP contribution in [0, 0.1) is 11.8 Å². The second-order valence-electron chi connectivity index (χ2n) is 4.24. The van der Waals surface area contributed by atoms with Crippen LogP contribution in [0.15, 0.2) is 0 Å². The first-order valence-corrected chi connectivity index (χ1v) is 5.24. The molecule has 2 fully saturated rings. The molecule has 0 bridgehead atoms. The van der Waals surface area contributed by atoms with E-state index in [0.717, 1.165) is 6.42 Å². The van der Waals surface area contributed by atoms with E-state index in [0.29, 0.717) is 32.0 Å². The molecule has 2 aliphatic rings. The zero-order chi connectivity index (χ0) is 10.1. The van der Waals surface area contributed by atoms with Crippen LogP contribution in [0.1, 0.15) is 19.8 Å². The fourth-order valence-electron chi connectivity index (χ4n) is 1.89. The van der Waals surface area contributed by atoms with Crippen LogP contribution < -0.4 is 5.32 Å². The average Bonchev–Trinajstić information content (AvgIpc) is 2.89. The summed E-state index contributed by atoms with van der Waals surface area (Å²) in [4.78, 5) is 24.7. The number of hydrogen-bond donors (Lipinski definition) is 1. The molecule has 4 heteroatoms. The van der Waals surface area contributed by atoms with Crippen LogP contribution >= 0.6 is 0 Å². The maximum Gasteiger partial charge on any atom is 0.226 e. The summed E-state index contributed by atoms with van der Waals surface area (Å²) in [6, 6.07) is 0. The predicted molar refractivity (Wildman–Crippen MR) is 51.5 cm³/mol. The predicted octanol–water partition coefficient (Wildman–Crippen LogP) is -0.00910. The third-order valence-electron chi connectivity index (χ3n) is 3.05. The largest absolute Gasteiger partial charge is 0.354 e. The molecule has 4 nitrogen and oxygen atoms in total. The summed E-state index contributed by atoms with van der Waals surface area (Å²) < 4.78 is 0. The zero-order valence-electron chi connectivity index (χ0n) is 8.45. The van der Waals surface area contributed by atoms with Gasteiger partial charge in [-0.15, -0.1) is 0 Å². The van der Waals surface area contributed by atoms with E-state index in [9.17, 15) is 9.59 Å². The molecular formula is C10H16N2O2. The van der Waals surface area contributed by atoms with Crippen LogP contribution in [0.4, 0.5) is 0 Å². The number of nitrogens with one attached hydrogen (secondary N) is 1. The van der Waals surface area contributed by atoms with Gasteiger partial charge in [0.25, 0.3) is 0 Å². The topological polar surface area (TPSA) is 49.4 Å². The lowest BCUT2D eigenvalue weighted by atomic mass is 10.3. The summed E-state index contributed by atoms with van der Waals surface area (Å²) in [6.07, 6.45) is 1.48. The highest BCUT2D eigenvalue weighted by molar-refractivity contribution is 5.83. The van der Waals surface area contributed by atoms with Crippen LogP contribution in [0.5, 0.6) is 0 Å². The van der Waals surface area contributed by atoms with Crippen molar-refractivity contribution in [2.45, 2.75) is 19.8 Å². The van der Waals surface area contributed by atoms with E-state index in [2.05, 4.69) is 12.2 Å². The van der Waals surface area contributed by atoms with E-state index < -0.39 is 0 Å². The standard InChI is InChI=1S/C10H16N2O2/c1-7-6-8(7)10(14)12-4-2-9(13)11-3-5-12/h7-8H,2-6H2,1H3,(H,11,13). The molecular weight excluding hydrogens is 180 g/mol. The van der Waals surface area contributed by atoms with Gasteiger partial charge in [-0.3, -0.25) is 9.59 Å². The number of nitrogens with zero attached hydrogens (tertiary/aromatic N) is 1. The van der Waals surface area contributed by atoms with Crippen molar-refractivity contribution in [3.8, 4) is 0 Å². The Labute approximate surface area is 83.6 Å². The summed E-state index contributed by atoms with van der Waals surface area (Å²) in [5, 5.41) is 2.77. The fraction of sp³-hybridized carbons (Fsp3) is 0.800. The highest BCUT2D eigenvalue weighted by Crippen LogP contribution is 2.39. The monoisotopic (exact) mass is 196 g/mol. The Kier molecular flexibility index (Phi) is 2.44. The summed E-state index contributed by atoms with van der Waals surface area (Å²) >= 11 is 0. The van der Waals surface area contributed by atoms with Crippen molar-refractivity contribution in [1.82, 2.24) is 10.2 Å². The molecule has 1 saturated carbocycles. The second kappa shape index (κ2) is 3.59. The molecule has 2 rings (SSSR count). The minimum absolute atomic E-state index is 0.0594. The molecule has 0 aromatic rings. The second-order valence-corrected chi connectivity index (χ2v) is 4.24. The van der Waals surface area contributed by atoms with Crippen LogP contribution in [0.2, 0.25) is 0 Å². The van der Waals surface area contributed by atoms with Gasteiger partial charge < -0.3 is 10.2 Å². The maximum absolute atomic E-state index is 11.8. The Hall–Kier alpha value is -1.06. The van der Waals surface area contributed by atoms with Crippen molar-refractivity contribution in [2.24, 2.45) is 11.8 Å².